The Morgan fingerprint density at radius 3 is 2.54 bits per heavy atom. The largest absolute Gasteiger partial charge is 0.480 e. The molecule has 2 fully saturated rings. The Morgan fingerprint density at radius 1 is 1.27 bits per heavy atom. The number of rotatable bonds is 5. The lowest BCUT2D eigenvalue weighted by atomic mass is 9.84. The Morgan fingerprint density at radius 2 is 1.92 bits per heavy atom. The predicted octanol–water partition coefficient (Wildman–Crippen LogP) is 3.32. The van der Waals surface area contributed by atoms with Gasteiger partial charge in [-0.1, -0.05) is 12.8 Å². The molecule has 1 aliphatic heterocycles. The van der Waals surface area contributed by atoms with E-state index in [1.54, 1.807) is 24.0 Å². The number of nitrogens with zero attached hydrogens (tertiary/aromatic N) is 2. The number of thioether (sulfide) groups is 1. The van der Waals surface area contributed by atoms with Crippen LogP contribution in [0.4, 0.5) is 5.69 Å². The smallest absolute Gasteiger partial charge is 0.326 e. The number of non-ortho nitro benzene ring substituents is 1. The SMILES string of the molecule is CC(Sc1ccc([N+](=O)[O-])cc1)C(=O)N1C(C(=O)O)CC2CCCCC21. The fourth-order valence-electron chi connectivity index (χ4n) is 4.11. The number of hydrogen-bond donors (Lipinski definition) is 1. The summed E-state index contributed by atoms with van der Waals surface area (Å²) >= 11 is 1.31. The fraction of sp³-hybridized carbons (Fsp3) is 0.556. The molecule has 0 bridgehead atoms. The normalized spacial score (nSPS) is 26.2. The van der Waals surface area contributed by atoms with Gasteiger partial charge in [-0.05, 0) is 44.2 Å². The van der Waals surface area contributed by atoms with Gasteiger partial charge >= 0.3 is 5.97 Å². The van der Waals surface area contributed by atoms with Crippen molar-refractivity contribution in [3.63, 3.8) is 0 Å². The summed E-state index contributed by atoms with van der Waals surface area (Å²) in [6.07, 6.45) is 4.53. The molecule has 1 saturated heterocycles. The summed E-state index contributed by atoms with van der Waals surface area (Å²) in [6.45, 7) is 1.77. The van der Waals surface area contributed by atoms with E-state index in [1.165, 1.54) is 23.9 Å². The highest BCUT2D eigenvalue weighted by Gasteiger charge is 2.48. The van der Waals surface area contributed by atoms with Gasteiger partial charge in [-0.3, -0.25) is 14.9 Å². The molecule has 7 nitrogen and oxygen atoms in total. The molecular weight excluding hydrogens is 356 g/mol. The summed E-state index contributed by atoms with van der Waals surface area (Å²) in [5.41, 5.74) is 0.00358. The molecule has 3 rings (SSSR count). The fourth-order valence-corrected chi connectivity index (χ4v) is 5.03. The summed E-state index contributed by atoms with van der Waals surface area (Å²) in [4.78, 5) is 37.3. The van der Waals surface area contributed by atoms with Gasteiger partial charge in [-0.2, -0.15) is 0 Å². The van der Waals surface area contributed by atoms with E-state index in [1.807, 2.05) is 0 Å². The summed E-state index contributed by atoms with van der Waals surface area (Å²) in [5, 5.41) is 19.9. The van der Waals surface area contributed by atoms with Crippen LogP contribution in [0.3, 0.4) is 0 Å². The van der Waals surface area contributed by atoms with Gasteiger partial charge in [0.1, 0.15) is 6.04 Å². The van der Waals surface area contributed by atoms with Gasteiger partial charge < -0.3 is 10.0 Å². The quantitative estimate of drug-likeness (QED) is 0.479. The third kappa shape index (κ3) is 3.70. The highest BCUT2D eigenvalue weighted by molar-refractivity contribution is 8.00. The molecule has 4 unspecified atom stereocenters. The molecule has 4 atom stereocenters. The van der Waals surface area contributed by atoms with Gasteiger partial charge in [0.25, 0.3) is 5.69 Å². The Kier molecular flexibility index (Phi) is 5.50. The maximum atomic E-state index is 13.0. The lowest BCUT2D eigenvalue weighted by Gasteiger charge is -2.34. The van der Waals surface area contributed by atoms with Crippen molar-refractivity contribution in [3.05, 3.63) is 34.4 Å². The molecule has 0 aromatic heterocycles. The second kappa shape index (κ2) is 7.65. The maximum absolute atomic E-state index is 13.0. The Labute approximate surface area is 155 Å². The molecule has 1 heterocycles. The molecule has 2 aliphatic rings. The van der Waals surface area contributed by atoms with Crippen molar-refractivity contribution in [1.82, 2.24) is 4.90 Å². The van der Waals surface area contributed by atoms with E-state index in [0.29, 0.717) is 6.42 Å². The van der Waals surface area contributed by atoms with Gasteiger partial charge in [0.2, 0.25) is 5.91 Å². The van der Waals surface area contributed by atoms with Crippen LogP contribution in [0.5, 0.6) is 0 Å². The van der Waals surface area contributed by atoms with Crippen molar-refractivity contribution in [2.45, 2.75) is 61.3 Å². The Balaban J connectivity index is 1.73. The van der Waals surface area contributed by atoms with E-state index >= 15 is 0 Å². The van der Waals surface area contributed by atoms with Gasteiger partial charge in [0.15, 0.2) is 0 Å². The minimum absolute atomic E-state index is 0.00358. The zero-order valence-corrected chi connectivity index (χ0v) is 15.4. The number of carbonyl (C=O) groups is 2. The third-order valence-electron chi connectivity index (χ3n) is 5.34. The lowest BCUT2D eigenvalue weighted by Crippen LogP contribution is -2.49. The van der Waals surface area contributed by atoms with Crippen LogP contribution < -0.4 is 0 Å². The average molecular weight is 378 g/mol. The molecule has 1 saturated carbocycles. The number of aliphatic carboxylic acids is 1. The average Bonchev–Trinajstić information content (AvgIpc) is 3.01. The Hall–Kier alpha value is -2.09. The van der Waals surface area contributed by atoms with Crippen LogP contribution in [0.15, 0.2) is 29.2 Å². The number of hydrogen-bond acceptors (Lipinski definition) is 5. The number of benzene rings is 1. The predicted molar refractivity (Wildman–Crippen MR) is 97.0 cm³/mol. The van der Waals surface area contributed by atoms with Crippen molar-refractivity contribution in [2.24, 2.45) is 5.92 Å². The molecule has 0 spiro atoms. The first-order chi connectivity index (χ1) is 12.4. The van der Waals surface area contributed by atoms with Crippen molar-refractivity contribution in [1.29, 1.82) is 0 Å². The van der Waals surface area contributed by atoms with Gasteiger partial charge in [0, 0.05) is 23.1 Å². The first kappa shape index (κ1) is 18.7. The van der Waals surface area contributed by atoms with E-state index in [0.717, 1.165) is 30.6 Å². The standard InChI is InChI=1S/C18H22N2O5S/c1-11(26-14-8-6-13(7-9-14)20(24)25)17(21)19-15-5-3-2-4-12(15)10-16(19)18(22)23/h6-9,11-12,15-16H,2-5,10H2,1H3,(H,22,23). The second-order valence-corrected chi connectivity index (χ2v) is 8.37. The molecule has 1 amide bonds. The zero-order chi connectivity index (χ0) is 18.8. The first-order valence-electron chi connectivity index (χ1n) is 8.84. The molecule has 1 aliphatic carbocycles. The number of carboxylic acid groups (broad SMARTS) is 1. The van der Waals surface area contributed by atoms with Crippen molar-refractivity contribution < 1.29 is 19.6 Å². The van der Waals surface area contributed by atoms with Crippen LogP contribution in [-0.4, -0.2) is 44.1 Å². The molecule has 0 radical (unpaired) electrons. The Bertz CT molecular complexity index is 708. The molecular formula is C18H22N2O5S. The van der Waals surface area contributed by atoms with Crippen LogP contribution in [0.2, 0.25) is 0 Å². The number of carboxylic acids is 1. The number of nitro groups is 1. The molecule has 26 heavy (non-hydrogen) atoms. The molecule has 1 aromatic rings. The summed E-state index contributed by atoms with van der Waals surface area (Å²) in [5.74, 6) is -0.805. The second-order valence-electron chi connectivity index (χ2n) is 6.96. The highest BCUT2D eigenvalue weighted by Crippen LogP contribution is 2.41. The van der Waals surface area contributed by atoms with E-state index in [-0.39, 0.29) is 23.6 Å². The molecule has 1 aromatic carbocycles. The monoisotopic (exact) mass is 378 g/mol. The summed E-state index contributed by atoms with van der Waals surface area (Å²) < 4.78 is 0. The van der Waals surface area contributed by atoms with Crippen LogP contribution in [0, 0.1) is 16.0 Å². The molecule has 1 N–H and O–H groups in total. The third-order valence-corrected chi connectivity index (χ3v) is 6.44. The summed E-state index contributed by atoms with van der Waals surface area (Å²) in [7, 11) is 0. The number of carbonyl (C=O) groups excluding carboxylic acids is 1. The first-order valence-corrected chi connectivity index (χ1v) is 9.72. The number of likely N-dealkylation sites (tertiary alicyclic amines) is 1. The van der Waals surface area contributed by atoms with E-state index in [9.17, 15) is 24.8 Å². The van der Waals surface area contributed by atoms with Crippen LogP contribution >= 0.6 is 11.8 Å². The van der Waals surface area contributed by atoms with Gasteiger partial charge in [-0.25, -0.2) is 4.79 Å². The van der Waals surface area contributed by atoms with Crippen molar-refractivity contribution in [2.75, 3.05) is 0 Å². The van der Waals surface area contributed by atoms with Crippen molar-refractivity contribution in [3.8, 4) is 0 Å². The topological polar surface area (TPSA) is 101 Å². The molecule has 8 heteroatoms. The number of nitro benzene ring substituents is 1. The zero-order valence-electron chi connectivity index (χ0n) is 14.5. The van der Waals surface area contributed by atoms with E-state index in [4.69, 9.17) is 0 Å². The van der Waals surface area contributed by atoms with Crippen molar-refractivity contribution >= 4 is 29.3 Å². The maximum Gasteiger partial charge on any atom is 0.326 e. The minimum Gasteiger partial charge on any atom is -0.480 e. The number of amides is 1. The van der Waals surface area contributed by atoms with Crippen LogP contribution in [0.25, 0.3) is 0 Å². The molecule has 140 valence electrons. The summed E-state index contributed by atoms with van der Waals surface area (Å²) in [6, 6.07) is 5.34. The highest BCUT2D eigenvalue weighted by atomic mass is 32.2. The van der Waals surface area contributed by atoms with E-state index < -0.39 is 22.2 Å². The lowest BCUT2D eigenvalue weighted by molar-refractivity contribution is -0.384. The van der Waals surface area contributed by atoms with Crippen LogP contribution in [-0.2, 0) is 9.59 Å². The van der Waals surface area contributed by atoms with Gasteiger partial charge in [0.05, 0.1) is 10.2 Å². The number of fused-ring (bicyclic) bond motifs is 1. The minimum atomic E-state index is -0.930. The van der Waals surface area contributed by atoms with Gasteiger partial charge in [-0.15, -0.1) is 11.8 Å². The van der Waals surface area contributed by atoms with Crippen LogP contribution in [0.1, 0.15) is 39.0 Å². The van der Waals surface area contributed by atoms with E-state index in [2.05, 4.69) is 0 Å².